The molecular formula is C15H32N4S2. The zero-order valence-electron chi connectivity index (χ0n) is 14.0. The second kappa shape index (κ2) is 8.99. The first-order chi connectivity index (χ1) is 10.1. The van der Waals surface area contributed by atoms with Gasteiger partial charge in [0.15, 0.2) is 0 Å². The number of hydrogen-bond acceptors (Lipinski definition) is 6. The van der Waals surface area contributed by atoms with Crippen molar-refractivity contribution in [3.05, 3.63) is 0 Å². The molecule has 0 aromatic rings. The van der Waals surface area contributed by atoms with E-state index in [9.17, 15) is 0 Å². The largest absolute Gasteiger partial charge is 0.303 e. The molecule has 0 aliphatic carbocycles. The fourth-order valence-electron chi connectivity index (χ4n) is 2.87. The van der Waals surface area contributed by atoms with E-state index in [-0.39, 0.29) is 0 Å². The molecule has 2 aliphatic rings. The molecule has 0 radical (unpaired) electrons. The molecule has 2 fully saturated rings. The molecule has 2 heterocycles. The molecule has 0 aromatic heterocycles. The molecule has 2 rings (SSSR count). The van der Waals surface area contributed by atoms with E-state index in [1.54, 1.807) is 0 Å². The van der Waals surface area contributed by atoms with E-state index in [2.05, 4.69) is 48.1 Å². The van der Waals surface area contributed by atoms with Crippen LogP contribution in [0.3, 0.4) is 0 Å². The molecule has 6 heteroatoms. The Kier molecular flexibility index (Phi) is 7.66. The second-order valence-electron chi connectivity index (χ2n) is 6.59. The van der Waals surface area contributed by atoms with E-state index < -0.39 is 0 Å². The van der Waals surface area contributed by atoms with Crippen molar-refractivity contribution in [2.45, 2.75) is 56.1 Å². The lowest BCUT2D eigenvalue weighted by Gasteiger charge is -2.32. The average molecular weight is 333 g/mol. The highest BCUT2D eigenvalue weighted by Gasteiger charge is 2.31. The average Bonchev–Trinajstić information content (AvgIpc) is 2.82. The minimum Gasteiger partial charge on any atom is -0.303 e. The summed E-state index contributed by atoms with van der Waals surface area (Å²) in [6.45, 7) is 6.25. The summed E-state index contributed by atoms with van der Waals surface area (Å²) in [4.78, 5) is 7.41. The lowest BCUT2D eigenvalue weighted by Crippen LogP contribution is -2.48. The van der Waals surface area contributed by atoms with Crippen LogP contribution in [0.5, 0.6) is 0 Å². The molecule has 2 saturated heterocycles. The van der Waals surface area contributed by atoms with Crippen LogP contribution < -0.4 is 5.32 Å². The van der Waals surface area contributed by atoms with Crippen LogP contribution in [0.2, 0.25) is 0 Å². The first-order valence-electron chi connectivity index (χ1n) is 8.27. The van der Waals surface area contributed by atoms with Gasteiger partial charge in [-0.05, 0) is 67.0 Å². The van der Waals surface area contributed by atoms with Crippen LogP contribution >= 0.6 is 21.6 Å². The topological polar surface area (TPSA) is 21.8 Å². The van der Waals surface area contributed by atoms with Gasteiger partial charge < -0.3 is 4.90 Å². The van der Waals surface area contributed by atoms with Gasteiger partial charge in [0.25, 0.3) is 0 Å². The fourth-order valence-corrected chi connectivity index (χ4v) is 5.94. The van der Waals surface area contributed by atoms with Crippen molar-refractivity contribution in [3.8, 4) is 0 Å². The van der Waals surface area contributed by atoms with Gasteiger partial charge >= 0.3 is 0 Å². The maximum atomic E-state index is 3.68. The van der Waals surface area contributed by atoms with E-state index >= 15 is 0 Å². The Bertz CT molecular complexity index is 295. The molecular weight excluding hydrogens is 300 g/mol. The van der Waals surface area contributed by atoms with Gasteiger partial charge in [-0.3, -0.25) is 15.1 Å². The molecule has 1 N–H and O–H groups in total. The zero-order valence-corrected chi connectivity index (χ0v) is 15.7. The van der Waals surface area contributed by atoms with Crippen molar-refractivity contribution in [2.24, 2.45) is 0 Å². The number of hydrogen-bond donors (Lipinski definition) is 1. The predicted molar refractivity (Wildman–Crippen MR) is 96.3 cm³/mol. The summed E-state index contributed by atoms with van der Waals surface area (Å²) in [6.07, 6.45) is 6.92. The molecule has 3 atom stereocenters. The van der Waals surface area contributed by atoms with E-state index in [4.69, 9.17) is 0 Å². The summed E-state index contributed by atoms with van der Waals surface area (Å²) in [5.74, 6) is 0. The van der Waals surface area contributed by atoms with Crippen LogP contribution in [0.15, 0.2) is 0 Å². The van der Waals surface area contributed by atoms with Gasteiger partial charge in [-0.25, -0.2) is 0 Å². The Morgan fingerprint density at radius 2 is 1.67 bits per heavy atom. The number of rotatable bonds is 6. The van der Waals surface area contributed by atoms with Crippen molar-refractivity contribution in [1.29, 1.82) is 0 Å². The van der Waals surface area contributed by atoms with Crippen molar-refractivity contribution < 1.29 is 0 Å². The molecule has 124 valence electrons. The normalized spacial score (nSPS) is 30.0. The maximum Gasteiger partial charge on any atom is 0.120 e. The molecule has 0 spiro atoms. The smallest absolute Gasteiger partial charge is 0.120 e. The van der Waals surface area contributed by atoms with E-state index in [0.717, 1.165) is 0 Å². The summed E-state index contributed by atoms with van der Waals surface area (Å²) >= 11 is 0. The highest BCUT2D eigenvalue weighted by atomic mass is 33.1. The standard InChI is InChI=1S/C15H32N4S2/c1-13(9-12-19-10-7-5-6-8-11-19)18(4)15-16-14(17(2)3)20-21-15/h13-16H,5-12H2,1-4H3. The van der Waals surface area contributed by atoms with Crippen LogP contribution in [0, 0.1) is 0 Å². The van der Waals surface area contributed by atoms with Gasteiger partial charge in [0.1, 0.15) is 11.0 Å². The van der Waals surface area contributed by atoms with Crippen LogP contribution in [0.1, 0.15) is 39.0 Å². The van der Waals surface area contributed by atoms with Crippen molar-refractivity contribution in [3.63, 3.8) is 0 Å². The third-order valence-corrected chi connectivity index (χ3v) is 7.55. The Labute approximate surface area is 138 Å². The quantitative estimate of drug-likeness (QED) is 0.750. The molecule has 21 heavy (non-hydrogen) atoms. The minimum absolute atomic E-state index is 0.431. The molecule has 4 nitrogen and oxygen atoms in total. The van der Waals surface area contributed by atoms with Crippen LogP contribution in [0.4, 0.5) is 0 Å². The van der Waals surface area contributed by atoms with Gasteiger partial charge in [0.05, 0.1) is 0 Å². The van der Waals surface area contributed by atoms with Crippen LogP contribution in [-0.2, 0) is 0 Å². The van der Waals surface area contributed by atoms with Crippen molar-refractivity contribution >= 4 is 21.6 Å². The lowest BCUT2D eigenvalue weighted by atomic mass is 10.2. The van der Waals surface area contributed by atoms with Gasteiger partial charge in [-0.1, -0.05) is 34.4 Å². The van der Waals surface area contributed by atoms with Crippen molar-refractivity contribution in [1.82, 2.24) is 20.0 Å². The predicted octanol–water partition coefficient (Wildman–Crippen LogP) is 2.69. The fraction of sp³-hybridized carbons (Fsp3) is 1.00. The number of nitrogens with zero attached hydrogens (tertiary/aromatic N) is 3. The SMILES string of the molecule is CC(CCN1CCCCCC1)N(C)C1NC(N(C)C)SS1. The summed E-state index contributed by atoms with van der Waals surface area (Å²) in [5, 5.41) is 3.68. The third kappa shape index (κ3) is 5.59. The molecule has 0 bridgehead atoms. The zero-order chi connectivity index (χ0) is 15.2. The number of likely N-dealkylation sites (tertiary alicyclic amines) is 1. The van der Waals surface area contributed by atoms with Crippen molar-refractivity contribution in [2.75, 3.05) is 40.8 Å². The minimum atomic E-state index is 0.431. The van der Waals surface area contributed by atoms with Gasteiger partial charge in [-0.2, -0.15) is 0 Å². The summed E-state index contributed by atoms with van der Waals surface area (Å²) in [5.41, 5.74) is 0.863. The first kappa shape index (κ1) is 17.9. The Balaban J connectivity index is 1.71. The highest BCUT2D eigenvalue weighted by Crippen LogP contribution is 2.38. The Hall–Kier alpha value is 0.540. The van der Waals surface area contributed by atoms with Gasteiger partial charge in [-0.15, -0.1) is 0 Å². The lowest BCUT2D eigenvalue weighted by molar-refractivity contribution is 0.167. The van der Waals surface area contributed by atoms with E-state index in [1.807, 2.05) is 21.6 Å². The van der Waals surface area contributed by atoms with Gasteiger partial charge in [0.2, 0.25) is 0 Å². The molecule has 0 saturated carbocycles. The van der Waals surface area contributed by atoms with Gasteiger partial charge in [0, 0.05) is 6.04 Å². The van der Waals surface area contributed by atoms with E-state index in [1.165, 1.54) is 51.7 Å². The molecule has 3 unspecified atom stereocenters. The van der Waals surface area contributed by atoms with Crippen LogP contribution in [-0.4, -0.2) is 72.5 Å². The Morgan fingerprint density at radius 3 is 2.24 bits per heavy atom. The summed E-state index contributed by atoms with van der Waals surface area (Å²) < 4.78 is 0. The molecule has 0 aromatic carbocycles. The number of nitrogens with one attached hydrogen (secondary N) is 1. The molecule has 0 amide bonds. The highest BCUT2D eigenvalue weighted by molar-refractivity contribution is 8.77. The van der Waals surface area contributed by atoms with Crippen LogP contribution in [0.25, 0.3) is 0 Å². The third-order valence-electron chi connectivity index (χ3n) is 4.62. The maximum absolute atomic E-state index is 3.68. The van der Waals surface area contributed by atoms with E-state index in [0.29, 0.717) is 17.0 Å². The summed E-state index contributed by atoms with van der Waals surface area (Å²) in [6, 6.07) is 0.625. The second-order valence-corrected chi connectivity index (χ2v) is 9.02. The Morgan fingerprint density at radius 1 is 1.05 bits per heavy atom. The first-order valence-corrected chi connectivity index (χ1v) is 10.5. The summed E-state index contributed by atoms with van der Waals surface area (Å²) in [7, 11) is 10.4. The molecule has 2 aliphatic heterocycles. The monoisotopic (exact) mass is 332 g/mol.